The number of hydrogen-bond donors (Lipinski definition) is 2. The van der Waals surface area contributed by atoms with Gasteiger partial charge in [0.05, 0.1) is 18.3 Å². The van der Waals surface area contributed by atoms with Crippen molar-refractivity contribution >= 4 is 17.8 Å². The maximum atomic E-state index is 12.1. The van der Waals surface area contributed by atoms with Crippen LogP contribution < -0.4 is 16.0 Å². The van der Waals surface area contributed by atoms with Crippen molar-refractivity contribution in [3.8, 4) is 0 Å². The molecule has 0 bridgehead atoms. The second kappa shape index (κ2) is 6.37. The molecule has 3 N–H and O–H groups in total. The maximum absolute atomic E-state index is 12.1. The third-order valence-corrected chi connectivity index (χ3v) is 2.89. The number of nitrogens with zero attached hydrogens (tertiary/aromatic N) is 6. The molecule has 0 unspecified atom stereocenters. The van der Waals surface area contributed by atoms with Crippen molar-refractivity contribution in [2.24, 2.45) is 0 Å². The van der Waals surface area contributed by atoms with E-state index in [-0.39, 0.29) is 24.4 Å². The molecule has 0 fully saturated rings. The predicted octanol–water partition coefficient (Wildman–Crippen LogP) is 0.227. The van der Waals surface area contributed by atoms with Gasteiger partial charge in [0.25, 0.3) is 5.91 Å². The van der Waals surface area contributed by atoms with Gasteiger partial charge < -0.3 is 16.0 Å². The minimum absolute atomic E-state index is 0.121. The van der Waals surface area contributed by atoms with Gasteiger partial charge in [0.1, 0.15) is 0 Å². The van der Waals surface area contributed by atoms with Crippen LogP contribution in [0.3, 0.4) is 0 Å². The summed E-state index contributed by atoms with van der Waals surface area (Å²) in [4.78, 5) is 26.0. The lowest BCUT2D eigenvalue weighted by molar-refractivity contribution is 0.0949. The molecule has 22 heavy (non-hydrogen) atoms. The average Bonchev–Trinajstić information content (AvgIpc) is 2.94. The Kier molecular flexibility index (Phi) is 4.54. The summed E-state index contributed by atoms with van der Waals surface area (Å²) in [5, 5.41) is 6.87. The lowest BCUT2D eigenvalue weighted by Crippen LogP contribution is -2.25. The molecule has 9 nitrogen and oxygen atoms in total. The molecule has 0 saturated carbocycles. The van der Waals surface area contributed by atoms with Crippen LogP contribution in [0.4, 0.5) is 11.9 Å². The van der Waals surface area contributed by atoms with Crippen LogP contribution in [0.5, 0.6) is 0 Å². The van der Waals surface area contributed by atoms with Gasteiger partial charge in [-0.15, -0.1) is 0 Å². The highest BCUT2D eigenvalue weighted by Crippen LogP contribution is 2.07. The van der Waals surface area contributed by atoms with E-state index in [4.69, 9.17) is 5.73 Å². The highest BCUT2D eigenvalue weighted by atomic mass is 16.1. The summed E-state index contributed by atoms with van der Waals surface area (Å²) in [6, 6.07) is 0.201. The van der Waals surface area contributed by atoms with E-state index in [1.54, 1.807) is 29.9 Å². The average molecular weight is 304 g/mol. The molecule has 2 rings (SSSR count). The van der Waals surface area contributed by atoms with Crippen molar-refractivity contribution in [2.75, 3.05) is 24.7 Å². The zero-order valence-electron chi connectivity index (χ0n) is 13.1. The van der Waals surface area contributed by atoms with E-state index in [1.165, 1.54) is 6.20 Å². The summed E-state index contributed by atoms with van der Waals surface area (Å²) in [7, 11) is 3.61. The number of nitrogens with two attached hydrogens (primary N) is 1. The number of anilines is 2. The van der Waals surface area contributed by atoms with E-state index in [0.29, 0.717) is 17.3 Å². The van der Waals surface area contributed by atoms with E-state index in [9.17, 15) is 4.79 Å². The Labute approximate surface area is 128 Å². The standard InChI is InChI=1S/C13H20N8O/c1-8(2)21-7-9(5-16-21)11(22)15-6-10-17-12(14)19-13(18-10)20(3)4/h5,7-8H,6H2,1-4H3,(H,15,22)(H2,14,17,18,19). The van der Waals surface area contributed by atoms with Gasteiger partial charge in [-0.2, -0.15) is 20.1 Å². The summed E-state index contributed by atoms with van der Waals surface area (Å²) in [6.07, 6.45) is 3.23. The molecule has 9 heteroatoms. The number of aromatic nitrogens is 5. The van der Waals surface area contributed by atoms with E-state index >= 15 is 0 Å². The number of nitrogens with one attached hydrogen (secondary N) is 1. The van der Waals surface area contributed by atoms with Gasteiger partial charge in [-0.25, -0.2) is 0 Å². The van der Waals surface area contributed by atoms with Crippen LogP contribution in [0.1, 0.15) is 36.1 Å². The Morgan fingerprint density at radius 2 is 2.09 bits per heavy atom. The van der Waals surface area contributed by atoms with Crippen molar-refractivity contribution in [1.82, 2.24) is 30.0 Å². The molecule has 118 valence electrons. The number of carbonyl (C=O) groups excluding carboxylic acids is 1. The summed E-state index contributed by atoms with van der Waals surface area (Å²) < 4.78 is 1.72. The monoisotopic (exact) mass is 304 g/mol. The number of hydrogen-bond acceptors (Lipinski definition) is 7. The van der Waals surface area contributed by atoms with Gasteiger partial charge in [-0.3, -0.25) is 9.48 Å². The first-order chi connectivity index (χ1) is 10.4. The highest BCUT2D eigenvalue weighted by Gasteiger charge is 2.11. The molecule has 0 atom stereocenters. The molecule has 0 radical (unpaired) electrons. The van der Waals surface area contributed by atoms with Gasteiger partial charge >= 0.3 is 0 Å². The lowest BCUT2D eigenvalue weighted by atomic mass is 10.3. The Hall–Kier alpha value is -2.71. The van der Waals surface area contributed by atoms with Crippen LogP contribution in [-0.4, -0.2) is 44.7 Å². The number of rotatable bonds is 5. The quantitative estimate of drug-likeness (QED) is 0.812. The molecule has 0 aromatic carbocycles. The third-order valence-electron chi connectivity index (χ3n) is 2.89. The highest BCUT2D eigenvalue weighted by molar-refractivity contribution is 5.93. The molecule has 0 aliphatic rings. The van der Waals surface area contributed by atoms with Crippen molar-refractivity contribution in [2.45, 2.75) is 26.4 Å². The van der Waals surface area contributed by atoms with Crippen LogP contribution in [0.25, 0.3) is 0 Å². The normalized spacial score (nSPS) is 10.8. The molecular formula is C13H20N8O. The van der Waals surface area contributed by atoms with Gasteiger partial charge in [-0.05, 0) is 13.8 Å². The fourth-order valence-electron chi connectivity index (χ4n) is 1.70. The second-order valence-electron chi connectivity index (χ2n) is 5.29. The molecular weight excluding hydrogens is 284 g/mol. The molecule has 1 amide bonds. The zero-order chi connectivity index (χ0) is 16.3. The van der Waals surface area contributed by atoms with Crippen molar-refractivity contribution in [3.63, 3.8) is 0 Å². The maximum Gasteiger partial charge on any atom is 0.254 e. The Bertz CT molecular complexity index is 664. The topological polar surface area (TPSA) is 115 Å². The van der Waals surface area contributed by atoms with Crippen LogP contribution in [0.15, 0.2) is 12.4 Å². The van der Waals surface area contributed by atoms with Gasteiger partial charge in [0, 0.05) is 26.3 Å². The Balaban J connectivity index is 2.04. The minimum Gasteiger partial charge on any atom is -0.368 e. The molecule has 0 aliphatic carbocycles. The van der Waals surface area contributed by atoms with E-state index < -0.39 is 0 Å². The zero-order valence-corrected chi connectivity index (χ0v) is 13.1. The van der Waals surface area contributed by atoms with E-state index in [1.807, 2.05) is 13.8 Å². The largest absolute Gasteiger partial charge is 0.368 e. The van der Waals surface area contributed by atoms with Crippen LogP contribution in [-0.2, 0) is 6.54 Å². The molecule has 0 spiro atoms. The molecule has 0 saturated heterocycles. The number of amides is 1. The van der Waals surface area contributed by atoms with Crippen LogP contribution >= 0.6 is 0 Å². The molecule has 2 aromatic rings. The Morgan fingerprint density at radius 1 is 1.36 bits per heavy atom. The van der Waals surface area contributed by atoms with E-state index in [0.717, 1.165) is 0 Å². The SMILES string of the molecule is CC(C)n1cc(C(=O)NCc2nc(N)nc(N(C)C)n2)cn1. The Morgan fingerprint density at radius 3 is 2.68 bits per heavy atom. The molecule has 2 aromatic heterocycles. The van der Waals surface area contributed by atoms with Gasteiger partial charge in [0.2, 0.25) is 11.9 Å². The fraction of sp³-hybridized carbons (Fsp3) is 0.462. The first-order valence-corrected chi connectivity index (χ1v) is 6.87. The summed E-state index contributed by atoms with van der Waals surface area (Å²) in [5.41, 5.74) is 6.13. The second-order valence-corrected chi connectivity index (χ2v) is 5.29. The van der Waals surface area contributed by atoms with Gasteiger partial charge in [0.15, 0.2) is 5.82 Å². The minimum atomic E-state index is -0.239. The van der Waals surface area contributed by atoms with Gasteiger partial charge in [-0.1, -0.05) is 0 Å². The smallest absolute Gasteiger partial charge is 0.254 e. The summed E-state index contributed by atoms with van der Waals surface area (Å²) >= 11 is 0. The summed E-state index contributed by atoms with van der Waals surface area (Å²) in [6.45, 7) is 4.15. The van der Waals surface area contributed by atoms with Crippen molar-refractivity contribution < 1.29 is 4.79 Å². The lowest BCUT2D eigenvalue weighted by Gasteiger charge is -2.11. The van der Waals surface area contributed by atoms with Crippen LogP contribution in [0.2, 0.25) is 0 Å². The molecule has 2 heterocycles. The molecule has 0 aliphatic heterocycles. The number of carbonyl (C=O) groups is 1. The predicted molar refractivity (Wildman–Crippen MR) is 82.3 cm³/mol. The number of nitrogen functional groups attached to an aromatic ring is 1. The fourth-order valence-corrected chi connectivity index (χ4v) is 1.70. The first kappa shape index (κ1) is 15.7. The van der Waals surface area contributed by atoms with Crippen molar-refractivity contribution in [1.29, 1.82) is 0 Å². The van der Waals surface area contributed by atoms with Crippen molar-refractivity contribution in [3.05, 3.63) is 23.8 Å². The summed E-state index contributed by atoms with van der Waals surface area (Å²) in [5.74, 6) is 0.734. The van der Waals surface area contributed by atoms with Crippen LogP contribution in [0, 0.1) is 0 Å². The third kappa shape index (κ3) is 3.68. The van der Waals surface area contributed by atoms with E-state index in [2.05, 4.69) is 25.4 Å². The first-order valence-electron chi connectivity index (χ1n) is 6.87.